The maximum Gasteiger partial charge on any atom is 0.261 e. The Hall–Kier alpha value is -3.12. The average Bonchev–Trinajstić information content (AvgIpc) is 2.73. The molecule has 0 saturated carbocycles. The molecule has 5 nitrogen and oxygen atoms in total. The molecule has 0 unspecified atom stereocenters. The molecule has 3 aromatic carbocycles. The van der Waals surface area contributed by atoms with Crippen molar-refractivity contribution in [1.82, 2.24) is 0 Å². The molecule has 0 bridgehead atoms. The lowest BCUT2D eigenvalue weighted by Crippen LogP contribution is -2.26. The maximum absolute atomic E-state index is 13.0. The van der Waals surface area contributed by atoms with Crippen molar-refractivity contribution in [3.8, 4) is 0 Å². The maximum atomic E-state index is 13.0. The van der Waals surface area contributed by atoms with Crippen LogP contribution in [0, 0.1) is 0 Å². The van der Waals surface area contributed by atoms with Gasteiger partial charge in [-0.2, -0.15) is 0 Å². The van der Waals surface area contributed by atoms with Crippen molar-refractivity contribution >= 4 is 27.3 Å². The minimum absolute atomic E-state index is 0.166. The van der Waals surface area contributed by atoms with Gasteiger partial charge in [0.2, 0.25) is 0 Å². The van der Waals surface area contributed by atoms with E-state index in [1.807, 2.05) is 24.3 Å². The molecule has 0 aliphatic heterocycles. The van der Waals surface area contributed by atoms with Crippen molar-refractivity contribution in [2.45, 2.75) is 24.7 Å². The summed E-state index contributed by atoms with van der Waals surface area (Å²) in [4.78, 5) is 14.7. The van der Waals surface area contributed by atoms with E-state index in [2.05, 4.69) is 18.6 Å². The van der Waals surface area contributed by atoms with E-state index in [0.29, 0.717) is 17.2 Å². The van der Waals surface area contributed by atoms with E-state index in [1.165, 1.54) is 12.1 Å². The van der Waals surface area contributed by atoms with E-state index >= 15 is 0 Å². The second-order valence-electron chi connectivity index (χ2n) is 7.11. The molecule has 0 aliphatic rings. The molecule has 3 rings (SSSR count). The van der Waals surface area contributed by atoms with Crippen LogP contribution in [0.4, 0.5) is 11.4 Å². The van der Waals surface area contributed by atoms with Gasteiger partial charge < -0.3 is 4.90 Å². The zero-order chi connectivity index (χ0) is 21.0. The van der Waals surface area contributed by atoms with Crippen molar-refractivity contribution in [1.29, 1.82) is 0 Å². The second-order valence-corrected chi connectivity index (χ2v) is 8.80. The van der Waals surface area contributed by atoms with Crippen LogP contribution in [-0.2, 0) is 10.0 Å². The molecular weight excluding hydrogens is 384 g/mol. The van der Waals surface area contributed by atoms with Crippen molar-refractivity contribution in [3.63, 3.8) is 0 Å². The standard InChI is InChI=1S/C23H24N2O3S/c1-17(2)18-9-8-12-21(16-18)25(3)23(26)19-10-7-11-20(15-19)24-29(27,28)22-13-5-4-6-14-22/h4-17,24H,1-3H3. The summed E-state index contributed by atoms with van der Waals surface area (Å²) >= 11 is 0. The quantitative estimate of drug-likeness (QED) is 0.632. The molecular formula is C23H24N2O3S. The van der Waals surface area contributed by atoms with Gasteiger partial charge in [0.1, 0.15) is 0 Å². The normalized spacial score (nSPS) is 11.3. The van der Waals surface area contributed by atoms with E-state index < -0.39 is 10.0 Å². The lowest BCUT2D eigenvalue weighted by Gasteiger charge is -2.19. The number of nitrogens with one attached hydrogen (secondary N) is 1. The Morgan fingerprint density at radius 2 is 1.59 bits per heavy atom. The second kappa shape index (κ2) is 8.49. The number of carbonyl (C=O) groups is 1. The van der Waals surface area contributed by atoms with Gasteiger partial charge in [-0.3, -0.25) is 9.52 Å². The highest BCUT2D eigenvalue weighted by Crippen LogP contribution is 2.23. The number of anilines is 2. The third-order valence-corrected chi connectivity index (χ3v) is 6.04. The first-order chi connectivity index (χ1) is 13.8. The van der Waals surface area contributed by atoms with Crippen LogP contribution in [0.15, 0.2) is 83.8 Å². The van der Waals surface area contributed by atoms with Crippen LogP contribution in [0.1, 0.15) is 35.7 Å². The summed E-state index contributed by atoms with van der Waals surface area (Å²) in [5.74, 6) is 0.140. The zero-order valence-corrected chi connectivity index (χ0v) is 17.5. The molecule has 150 valence electrons. The predicted octanol–water partition coefficient (Wildman–Crippen LogP) is 4.89. The Labute approximate surface area is 172 Å². The highest BCUT2D eigenvalue weighted by Gasteiger charge is 2.17. The largest absolute Gasteiger partial charge is 0.311 e. The zero-order valence-electron chi connectivity index (χ0n) is 16.7. The molecule has 0 spiro atoms. The van der Waals surface area contributed by atoms with Gasteiger partial charge in [-0.15, -0.1) is 0 Å². The molecule has 0 heterocycles. The number of benzene rings is 3. The topological polar surface area (TPSA) is 66.5 Å². The van der Waals surface area contributed by atoms with Crippen molar-refractivity contribution < 1.29 is 13.2 Å². The fraction of sp³-hybridized carbons (Fsp3) is 0.174. The molecule has 29 heavy (non-hydrogen) atoms. The smallest absolute Gasteiger partial charge is 0.261 e. The van der Waals surface area contributed by atoms with Crippen LogP contribution < -0.4 is 9.62 Å². The number of rotatable bonds is 6. The highest BCUT2D eigenvalue weighted by atomic mass is 32.2. The van der Waals surface area contributed by atoms with Crippen LogP contribution in [0.3, 0.4) is 0 Å². The summed E-state index contributed by atoms with van der Waals surface area (Å²) in [5, 5.41) is 0. The van der Waals surface area contributed by atoms with Crippen LogP contribution in [0.25, 0.3) is 0 Å². The number of sulfonamides is 1. The SMILES string of the molecule is CC(C)c1cccc(N(C)C(=O)c2cccc(NS(=O)(=O)c3ccccc3)c2)c1. The number of amides is 1. The van der Waals surface area contributed by atoms with Crippen LogP contribution in [0.2, 0.25) is 0 Å². The number of hydrogen-bond donors (Lipinski definition) is 1. The van der Waals surface area contributed by atoms with Gasteiger partial charge in [0, 0.05) is 24.0 Å². The lowest BCUT2D eigenvalue weighted by atomic mass is 10.0. The number of carbonyl (C=O) groups excluding carboxylic acids is 1. The summed E-state index contributed by atoms with van der Waals surface area (Å²) in [6.07, 6.45) is 0. The van der Waals surface area contributed by atoms with Crippen LogP contribution in [0.5, 0.6) is 0 Å². The third kappa shape index (κ3) is 4.84. The average molecular weight is 409 g/mol. The molecule has 1 N–H and O–H groups in total. The minimum Gasteiger partial charge on any atom is -0.311 e. The van der Waals surface area contributed by atoms with Gasteiger partial charge >= 0.3 is 0 Å². The van der Waals surface area contributed by atoms with E-state index in [1.54, 1.807) is 54.4 Å². The Bertz CT molecular complexity index is 1110. The van der Waals surface area contributed by atoms with Crippen molar-refractivity contribution in [3.05, 3.63) is 90.0 Å². The van der Waals surface area contributed by atoms with Crippen LogP contribution >= 0.6 is 0 Å². The van der Waals surface area contributed by atoms with E-state index in [-0.39, 0.29) is 10.8 Å². The lowest BCUT2D eigenvalue weighted by molar-refractivity contribution is 0.0993. The molecule has 0 radical (unpaired) electrons. The van der Waals surface area contributed by atoms with E-state index in [9.17, 15) is 13.2 Å². The van der Waals surface area contributed by atoms with Gasteiger partial charge in [0.25, 0.3) is 15.9 Å². The van der Waals surface area contributed by atoms with Crippen LogP contribution in [-0.4, -0.2) is 21.4 Å². The summed E-state index contributed by atoms with van der Waals surface area (Å²) < 4.78 is 27.6. The van der Waals surface area contributed by atoms with Gasteiger partial charge in [-0.25, -0.2) is 8.42 Å². The number of nitrogens with zero attached hydrogens (tertiary/aromatic N) is 1. The van der Waals surface area contributed by atoms with Gasteiger partial charge in [0.05, 0.1) is 4.90 Å². The number of hydrogen-bond acceptors (Lipinski definition) is 3. The third-order valence-electron chi connectivity index (χ3n) is 4.64. The molecule has 3 aromatic rings. The molecule has 1 amide bonds. The first-order valence-corrected chi connectivity index (χ1v) is 10.8. The predicted molar refractivity (Wildman–Crippen MR) is 117 cm³/mol. The van der Waals surface area contributed by atoms with Gasteiger partial charge in [-0.05, 0) is 53.9 Å². The van der Waals surface area contributed by atoms with Gasteiger partial charge in [-0.1, -0.05) is 50.2 Å². The first-order valence-electron chi connectivity index (χ1n) is 9.34. The summed E-state index contributed by atoms with van der Waals surface area (Å²) in [6, 6.07) is 22.5. The summed E-state index contributed by atoms with van der Waals surface area (Å²) in [7, 11) is -2.01. The Morgan fingerprint density at radius 3 is 2.28 bits per heavy atom. The van der Waals surface area contributed by atoms with Crippen molar-refractivity contribution in [2.24, 2.45) is 0 Å². The fourth-order valence-electron chi connectivity index (χ4n) is 2.93. The molecule has 0 fully saturated rings. The van der Waals surface area contributed by atoms with E-state index in [4.69, 9.17) is 0 Å². The fourth-order valence-corrected chi connectivity index (χ4v) is 4.00. The Kier molecular flexibility index (Phi) is 6.03. The molecule has 6 heteroatoms. The monoisotopic (exact) mass is 408 g/mol. The molecule has 0 aromatic heterocycles. The van der Waals surface area contributed by atoms with E-state index in [0.717, 1.165) is 11.3 Å². The molecule has 0 saturated heterocycles. The molecule has 0 atom stereocenters. The highest BCUT2D eigenvalue weighted by molar-refractivity contribution is 7.92. The molecule has 0 aliphatic carbocycles. The summed E-state index contributed by atoms with van der Waals surface area (Å²) in [5.41, 5.74) is 2.67. The Morgan fingerprint density at radius 1 is 0.897 bits per heavy atom. The Balaban J connectivity index is 1.83. The summed E-state index contributed by atoms with van der Waals surface area (Å²) in [6.45, 7) is 4.20. The minimum atomic E-state index is -3.72. The first kappa shape index (κ1) is 20.6. The van der Waals surface area contributed by atoms with Crippen molar-refractivity contribution in [2.75, 3.05) is 16.7 Å². The van der Waals surface area contributed by atoms with Gasteiger partial charge in [0.15, 0.2) is 0 Å².